The first-order valence-corrected chi connectivity index (χ1v) is 8.62. The summed E-state index contributed by atoms with van der Waals surface area (Å²) in [5, 5.41) is 3.25. The van der Waals surface area contributed by atoms with E-state index in [1.807, 2.05) is 18.2 Å². The van der Waals surface area contributed by atoms with Gasteiger partial charge in [0.2, 0.25) is 5.91 Å². The van der Waals surface area contributed by atoms with Crippen LogP contribution >= 0.6 is 0 Å². The summed E-state index contributed by atoms with van der Waals surface area (Å²) in [6, 6.07) is 10.3. The summed E-state index contributed by atoms with van der Waals surface area (Å²) >= 11 is 0. The van der Waals surface area contributed by atoms with E-state index in [1.165, 1.54) is 5.56 Å². The van der Waals surface area contributed by atoms with Gasteiger partial charge in [-0.25, -0.2) is 0 Å². The lowest BCUT2D eigenvalue weighted by Gasteiger charge is -2.31. The third-order valence-electron chi connectivity index (χ3n) is 4.64. The van der Waals surface area contributed by atoms with Crippen molar-refractivity contribution in [2.24, 2.45) is 5.92 Å². The number of morpholine rings is 1. The number of hydrogen-bond donors (Lipinski definition) is 1. The topological polar surface area (TPSA) is 41.6 Å². The molecule has 0 bridgehead atoms. The van der Waals surface area contributed by atoms with E-state index in [4.69, 9.17) is 4.74 Å². The van der Waals surface area contributed by atoms with Gasteiger partial charge < -0.3 is 10.1 Å². The molecular formula is C19H26N2O2. The summed E-state index contributed by atoms with van der Waals surface area (Å²) in [5.41, 5.74) is 1.18. The van der Waals surface area contributed by atoms with Crippen molar-refractivity contribution in [3.8, 4) is 0 Å². The van der Waals surface area contributed by atoms with Gasteiger partial charge in [0, 0.05) is 26.1 Å². The highest BCUT2D eigenvalue weighted by Crippen LogP contribution is 2.21. The molecule has 1 N–H and O–H groups in total. The first-order chi connectivity index (χ1) is 11.3. The average molecular weight is 314 g/mol. The third-order valence-corrected chi connectivity index (χ3v) is 4.64. The second-order valence-corrected chi connectivity index (χ2v) is 6.41. The first kappa shape index (κ1) is 16.2. The van der Waals surface area contributed by atoms with E-state index in [1.54, 1.807) is 0 Å². The van der Waals surface area contributed by atoms with Crippen LogP contribution in [0.4, 0.5) is 0 Å². The number of hydrogen-bond acceptors (Lipinski definition) is 3. The van der Waals surface area contributed by atoms with E-state index in [-0.39, 0.29) is 11.9 Å². The Kier molecular flexibility index (Phi) is 5.83. The standard InChI is InChI=1S/C19H26N2O2/c22-19(14-16-6-4-5-7-16)20-18(17-8-2-1-3-9-17)15-21-10-12-23-13-11-21/h1-4,6,8-9,16,18H,5,7,10-15H2,(H,20,22). The molecule has 1 fully saturated rings. The first-order valence-electron chi connectivity index (χ1n) is 8.62. The van der Waals surface area contributed by atoms with Gasteiger partial charge in [0.15, 0.2) is 0 Å². The lowest BCUT2D eigenvalue weighted by atomic mass is 10.0. The molecule has 1 aliphatic carbocycles. The molecule has 124 valence electrons. The van der Waals surface area contributed by atoms with Crippen LogP contribution in [0.15, 0.2) is 42.5 Å². The minimum atomic E-state index is 0.0483. The maximum Gasteiger partial charge on any atom is 0.221 e. The normalized spacial score (nSPS) is 22.9. The molecule has 4 heteroatoms. The molecule has 0 aromatic heterocycles. The van der Waals surface area contributed by atoms with Crippen LogP contribution in [0.5, 0.6) is 0 Å². The van der Waals surface area contributed by atoms with Gasteiger partial charge in [0.05, 0.1) is 19.3 Å². The molecule has 1 aliphatic heterocycles. The van der Waals surface area contributed by atoms with E-state index in [9.17, 15) is 4.79 Å². The zero-order valence-electron chi connectivity index (χ0n) is 13.6. The quantitative estimate of drug-likeness (QED) is 0.821. The molecule has 1 aromatic rings. The van der Waals surface area contributed by atoms with Crippen molar-refractivity contribution in [1.29, 1.82) is 0 Å². The van der Waals surface area contributed by atoms with Crippen LogP contribution in [0.25, 0.3) is 0 Å². The second-order valence-electron chi connectivity index (χ2n) is 6.41. The molecule has 2 aliphatic rings. The van der Waals surface area contributed by atoms with Gasteiger partial charge in [0.1, 0.15) is 0 Å². The van der Waals surface area contributed by atoms with Gasteiger partial charge in [-0.05, 0) is 24.3 Å². The Morgan fingerprint density at radius 2 is 2.04 bits per heavy atom. The van der Waals surface area contributed by atoms with Gasteiger partial charge in [-0.15, -0.1) is 0 Å². The van der Waals surface area contributed by atoms with Crippen molar-refractivity contribution in [1.82, 2.24) is 10.2 Å². The molecule has 2 unspecified atom stereocenters. The zero-order chi connectivity index (χ0) is 15.9. The summed E-state index contributed by atoms with van der Waals surface area (Å²) in [4.78, 5) is 14.8. The summed E-state index contributed by atoms with van der Waals surface area (Å²) in [6.07, 6.45) is 7.17. The fraction of sp³-hybridized carbons (Fsp3) is 0.526. The maximum atomic E-state index is 12.4. The molecule has 1 heterocycles. The number of benzene rings is 1. The van der Waals surface area contributed by atoms with E-state index in [0.29, 0.717) is 12.3 Å². The predicted molar refractivity (Wildman–Crippen MR) is 91.1 cm³/mol. The summed E-state index contributed by atoms with van der Waals surface area (Å²) in [6.45, 7) is 4.28. The molecule has 0 radical (unpaired) electrons. The monoisotopic (exact) mass is 314 g/mol. The highest BCUT2D eigenvalue weighted by Gasteiger charge is 2.21. The number of ether oxygens (including phenoxy) is 1. The fourth-order valence-corrected chi connectivity index (χ4v) is 3.32. The number of amides is 1. The fourth-order valence-electron chi connectivity index (χ4n) is 3.32. The molecule has 1 saturated heterocycles. The minimum Gasteiger partial charge on any atom is -0.379 e. The lowest BCUT2D eigenvalue weighted by Crippen LogP contribution is -2.43. The van der Waals surface area contributed by atoms with Gasteiger partial charge in [-0.1, -0.05) is 42.5 Å². The van der Waals surface area contributed by atoms with Crippen LogP contribution in [0, 0.1) is 5.92 Å². The van der Waals surface area contributed by atoms with Crippen molar-refractivity contribution in [3.63, 3.8) is 0 Å². The molecule has 1 aromatic carbocycles. The SMILES string of the molecule is O=C(CC1C=CCC1)NC(CN1CCOCC1)c1ccccc1. The van der Waals surface area contributed by atoms with Crippen LogP contribution in [-0.4, -0.2) is 43.7 Å². The third kappa shape index (κ3) is 4.91. The predicted octanol–water partition coefficient (Wildman–Crippen LogP) is 2.53. The van der Waals surface area contributed by atoms with E-state index >= 15 is 0 Å². The Morgan fingerprint density at radius 1 is 1.26 bits per heavy atom. The highest BCUT2D eigenvalue weighted by atomic mass is 16.5. The van der Waals surface area contributed by atoms with Crippen LogP contribution in [-0.2, 0) is 9.53 Å². The van der Waals surface area contributed by atoms with Crippen molar-refractivity contribution in [3.05, 3.63) is 48.0 Å². The number of nitrogens with one attached hydrogen (secondary N) is 1. The Labute approximate surface area is 138 Å². The molecule has 0 saturated carbocycles. The molecule has 1 amide bonds. The summed E-state index contributed by atoms with van der Waals surface area (Å²) in [7, 11) is 0. The summed E-state index contributed by atoms with van der Waals surface area (Å²) in [5.74, 6) is 0.568. The van der Waals surface area contributed by atoms with Crippen LogP contribution in [0.3, 0.4) is 0 Å². The number of carbonyl (C=O) groups is 1. The van der Waals surface area contributed by atoms with E-state index in [2.05, 4.69) is 34.5 Å². The van der Waals surface area contributed by atoms with Gasteiger partial charge in [-0.2, -0.15) is 0 Å². The van der Waals surface area contributed by atoms with Gasteiger partial charge in [0.25, 0.3) is 0 Å². The van der Waals surface area contributed by atoms with E-state index in [0.717, 1.165) is 45.7 Å². The number of nitrogens with zero attached hydrogens (tertiary/aromatic N) is 1. The van der Waals surface area contributed by atoms with Gasteiger partial charge >= 0.3 is 0 Å². The second kappa shape index (κ2) is 8.27. The largest absolute Gasteiger partial charge is 0.379 e. The van der Waals surface area contributed by atoms with Crippen molar-refractivity contribution < 1.29 is 9.53 Å². The Balaban J connectivity index is 1.62. The molecule has 23 heavy (non-hydrogen) atoms. The van der Waals surface area contributed by atoms with Crippen LogP contribution < -0.4 is 5.32 Å². The Morgan fingerprint density at radius 3 is 2.74 bits per heavy atom. The molecule has 4 nitrogen and oxygen atoms in total. The van der Waals surface area contributed by atoms with Crippen LogP contribution in [0.1, 0.15) is 30.9 Å². The highest BCUT2D eigenvalue weighted by molar-refractivity contribution is 5.77. The average Bonchev–Trinajstić information content (AvgIpc) is 3.09. The number of rotatable bonds is 6. The smallest absolute Gasteiger partial charge is 0.221 e. The minimum absolute atomic E-state index is 0.0483. The Bertz CT molecular complexity index is 523. The molecular weight excluding hydrogens is 288 g/mol. The molecule has 2 atom stereocenters. The summed E-state index contributed by atoms with van der Waals surface area (Å²) < 4.78 is 5.42. The van der Waals surface area contributed by atoms with Crippen molar-refractivity contribution in [2.45, 2.75) is 25.3 Å². The molecule has 3 rings (SSSR count). The van der Waals surface area contributed by atoms with E-state index < -0.39 is 0 Å². The number of allylic oxidation sites excluding steroid dienone is 2. The maximum absolute atomic E-state index is 12.4. The van der Waals surface area contributed by atoms with Gasteiger partial charge in [-0.3, -0.25) is 9.69 Å². The molecule has 0 spiro atoms. The van der Waals surface area contributed by atoms with Crippen molar-refractivity contribution in [2.75, 3.05) is 32.8 Å². The van der Waals surface area contributed by atoms with Crippen LogP contribution in [0.2, 0.25) is 0 Å². The lowest BCUT2D eigenvalue weighted by molar-refractivity contribution is -0.122. The van der Waals surface area contributed by atoms with Crippen molar-refractivity contribution >= 4 is 5.91 Å². The Hall–Kier alpha value is -1.65. The number of carbonyl (C=O) groups excluding carboxylic acids is 1. The zero-order valence-corrected chi connectivity index (χ0v) is 13.6.